The van der Waals surface area contributed by atoms with Crippen LogP contribution in [0.1, 0.15) is 39.1 Å². The monoisotopic (exact) mass is 422 g/mol. The number of anilines is 1. The van der Waals surface area contributed by atoms with E-state index in [4.69, 9.17) is 4.98 Å². The lowest BCUT2D eigenvalue weighted by molar-refractivity contribution is 0.497. The fourth-order valence-electron chi connectivity index (χ4n) is 3.89. The SMILES string of the molecule is CC[C@@H]1c2nncn2-c2cnc(-c3cn[s+](-c4ccc(F)cc4)c3)nc2N1C(C)C. The summed E-state index contributed by atoms with van der Waals surface area (Å²) >= 11 is 0. The highest BCUT2D eigenvalue weighted by Crippen LogP contribution is 2.40. The van der Waals surface area contributed by atoms with Crippen molar-refractivity contribution in [2.45, 2.75) is 39.3 Å². The van der Waals surface area contributed by atoms with Gasteiger partial charge in [-0.25, -0.2) is 14.4 Å². The van der Waals surface area contributed by atoms with E-state index >= 15 is 0 Å². The lowest BCUT2D eigenvalue weighted by Crippen LogP contribution is -2.40. The van der Waals surface area contributed by atoms with Crippen LogP contribution < -0.4 is 4.90 Å². The molecule has 1 aliphatic heterocycles. The van der Waals surface area contributed by atoms with E-state index in [0.717, 1.165) is 34.2 Å². The molecular formula is C21H21FN7S+. The predicted octanol–water partition coefficient (Wildman–Crippen LogP) is 4.68. The molecule has 4 aromatic rings. The number of aromatic nitrogens is 6. The minimum atomic E-state index is -0.465. The minimum Gasteiger partial charge on any atom is -0.342 e. The van der Waals surface area contributed by atoms with Crippen LogP contribution >= 0.6 is 10.7 Å². The third-order valence-corrected chi connectivity index (χ3v) is 6.83. The van der Waals surface area contributed by atoms with E-state index in [2.05, 4.69) is 45.2 Å². The van der Waals surface area contributed by atoms with Gasteiger partial charge in [-0.1, -0.05) is 6.92 Å². The standard InChI is InChI=1S/C21H21FN7S/c1-4-17-21-27-24-12-28(21)18-10-23-19(26-20(18)29(17)13(2)3)14-9-25-30(11-14)16-7-5-15(22)6-8-16/h5-13,17H,4H2,1-3H3/q+1/t17-,30?/m1/s1. The number of halogens is 1. The highest BCUT2D eigenvalue weighted by molar-refractivity contribution is 7.33. The van der Waals surface area contributed by atoms with Crippen molar-refractivity contribution in [1.29, 1.82) is 0 Å². The minimum absolute atomic E-state index is 0.0998. The van der Waals surface area contributed by atoms with Crippen LogP contribution in [0, 0.1) is 5.82 Å². The van der Waals surface area contributed by atoms with Crippen molar-refractivity contribution >= 4 is 16.5 Å². The molecule has 2 atom stereocenters. The molecule has 0 fully saturated rings. The molecule has 7 nitrogen and oxygen atoms in total. The highest BCUT2D eigenvalue weighted by atomic mass is 32.2. The molecule has 0 saturated heterocycles. The van der Waals surface area contributed by atoms with Crippen LogP contribution in [-0.2, 0) is 0 Å². The summed E-state index contributed by atoms with van der Waals surface area (Å²) in [5, 5.41) is 10.5. The average Bonchev–Trinajstić information content (AvgIpc) is 3.42. The van der Waals surface area contributed by atoms with Crippen LogP contribution in [-0.4, -0.2) is 35.1 Å². The fourth-order valence-corrected chi connectivity index (χ4v) is 5.25. The van der Waals surface area contributed by atoms with Crippen molar-refractivity contribution in [1.82, 2.24) is 29.1 Å². The van der Waals surface area contributed by atoms with Crippen molar-refractivity contribution in [2.75, 3.05) is 4.90 Å². The molecule has 3 aromatic heterocycles. The van der Waals surface area contributed by atoms with Crippen LogP contribution in [0.4, 0.5) is 10.2 Å². The van der Waals surface area contributed by atoms with Crippen LogP contribution in [0.25, 0.3) is 22.0 Å². The molecule has 4 heterocycles. The van der Waals surface area contributed by atoms with E-state index < -0.39 is 10.7 Å². The molecule has 0 aliphatic carbocycles. The van der Waals surface area contributed by atoms with Gasteiger partial charge in [-0.2, -0.15) is 0 Å². The maximum absolute atomic E-state index is 13.2. The summed E-state index contributed by atoms with van der Waals surface area (Å²) in [6.07, 6.45) is 6.25. The molecular weight excluding hydrogens is 401 g/mol. The summed E-state index contributed by atoms with van der Waals surface area (Å²) in [4.78, 5) is 12.8. The van der Waals surface area contributed by atoms with E-state index in [0.29, 0.717) is 5.82 Å². The van der Waals surface area contributed by atoms with Crippen molar-refractivity contribution < 1.29 is 4.39 Å². The van der Waals surface area contributed by atoms with Gasteiger partial charge in [-0.15, -0.1) is 10.2 Å². The van der Waals surface area contributed by atoms with Gasteiger partial charge in [0.25, 0.3) is 0 Å². The number of nitrogens with zero attached hydrogens (tertiary/aromatic N) is 7. The lowest BCUT2D eigenvalue weighted by atomic mass is 10.1. The van der Waals surface area contributed by atoms with E-state index in [-0.39, 0.29) is 17.9 Å². The number of hydrogen-bond acceptors (Lipinski definition) is 6. The van der Waals surface area contributed by atoms with Crippen molar-refractivity contribution in [3.63, 3.8) is 0 Å². The first-order chi connectivity index (χ1) is 14.6. The fraction of sp³-hybridized carbons (Fsp3) is 0.286. The summed E-state index contributed by atoms with van der Waals surface area (Å²) < 4.78 is 19.8. The smallest absolute Gasteiger partial charge is 0.203 e. The first kappa shape index (κ1) is 18.8. The number of benzene rings is 1. The van der Waals surface area contributed by atoms with Gasteiger partial charge in [0.1, 0.15) is 28.5 Å². The number of fused-ring (bicyclic) bond motifs is 3. The van der Waals surface area contributed by atoms with Gasteiger partial charge in [-0.3, -0.25) is 4.57 Å². The molecule has 9 heteroatoms. The van der Waals surface area contributed by atoms with Gasteiger partial charge in [0.15, 0.2) is 22.8 Å². The first-order valence-electron chi connectivity index (χ1n) is 9.87. The summed E-state index contributed by atoms with van der Waals surface area (Å²) in [5.74, 6) is 2.17. The van der Waals surface area contributed by atoms with Crippen molar-refractivity contribution in [3.05, 3.63) is 60.0 Å². The Balaban J connectivity index is 1.59. The molecule has 5 rings (SSSR count). The van der Waals surface area contributed by atoms with E-state index in [1.807, 2.05) is 16.1 Å². The van der Waals surface area contributed by atoms with E-state index in [1.165, 1.54) is 12.1 Å². The summed E-state index contributed by atoms with van der Waals surface area (Å²) in [6.45, 7) is 6.46. The topological polar surface area (TPSA) is 72.6 Å². The Morgan fingerprint density at radius 3 is 2.70 bits per heavy atom. The van der Waals surface area contributed by atoms with Crippen molar-refractivity contribution in [2.24, 2.45) is 0 Å². The molecule has 0 amide bonds. The Bertz CT molecular complexity index is 1200. The zero-order valence-corrected chi connectivity index (χ0v) is 17.7. The zero-order valence-electron chi connectivity index (χ0n) is 16.9. The molecule has 0 saturated carbocycles. The molecule has 152 valence electrons. The first-order valence-corrected chi connectivity index (χ1v) is 11.1. The third kappa shape index (κ3) is 2.97. The largest absolute Gasteiger partial charge is 0.342 e. The molecule has 0 bridgehead atoms. The molecule has 0 radical (unpaired) electrons. The highest BCUT2D eigenvalue weighted by Gasteiger charge is 2.35. The quantitative estimate of drug-likeness (QED) is 0.445. The Kier molecular flexibility index (Phi) is 4.54. The van der Waals surface area contributed by atoms with Crippen LogP contribution in [0.15, 0.2) is 48.4 Å². The molecule has 1 aromatic carbocycles. The Labute approximate surface area is 176 Å². The Hall–Kier alpha value is -3.20. The van der Waals surface area contributed by atoms with Gasteiger partial charge in [0.05, 0.1) is 24.0 Å². The molecule has 0 spiro atoms. The van der Waals surface area contributed by atoms with E-state index in [1.54, 1.807) is 24.7 Å². The summed E-state index contributed by atoms with van der Waals surface area (Å²) in [7, 11) is -0.465. The maximum Gasteiger partial charge on any atom is 0.203 e. The van der Waals surface area contributed by atoms with E-state index in [9.17, 15) is 4.39 Å². The third-order valence-electron chi connectivity index (χ3n) is 5.26. The molecule has 0 N–H and O–H groups in total. The molecule has 1 unspecified atom stereocenters. The van der Waals surface area contributed by atoms with Gasteiger partial charge < -0.3 is 4.90 Å². The average molecular weight is 423 g/mol. The second-order valence-electron chi connectivity index (χ2n) is 7.46. The Morgan fingerprint density at radius 2 is 1.97 bits per heavy atom. The number of hydrogen-bond donors (Lipinski definition) is 0. The summed E-state index contributed by atoms with van der Waals surface area (Å²) in [5.41, 5.74) is 1.75. The second kappa shape index (κ2) is 7.24. The summed E-state index contributed by atoms with van der Waals surface area (Å²) in [6, 6.07) is 6.79. The van der Waals surface area contributed by atoms with Gasteiger partial charge in [0.2, 0.25) is 4.90 Å². The molecule has 1 aliphatic rings. The van der Waals surface area contributed by atoms with Crippen LogP contribution in [0.2, 0.25) is 0 Å². The van der Waals surface area contributed by atoms with Crippen LogP contribution in [0.3, 0.4) is 0 Å². The predicted molar refractivity (Wildman–Crippen MR) is 115 cm³/mol. The second-order valence-corrected chi connectivity index (χ2v) is 9.01. The number of rotatable bonds is 4. The van der Waals surface area contributed by atoms with Crippen molar-refractivity contribution in [3.8, 4) is 22.0 Å². The zero-order chi connectivity index (χ0) is 20.8. The van der Waals surface area contributed by atoms with Gasteiger partial charge >= 0.3 is 0 Å². The van der Waals surface area contributed by atoms with Gasteiger partial charge in [0, 0.05) is 18.2 Å². The van der Waals surface area contributed by atoms with Gasteiger partial charge in [-0.05, 0) is 36.8 Å². The maximum atomic E-state index is 13.2. The normalized spacial score (nSPS) is 16.0. The Morgan fingerprint density at radius 1 is 1.17 bits per heavy atom. The molecule has 30 heavy (non-hydrogen) atoms. The lowest BCUT2D eigenvalue weighted by Gasteiger charge is -2.39. The van der Waals surface area contributed by atoms with Crippen LogP contribution in [0.5, 0.6) is 0 Å².